The number of hydrogen-bond donors (Lipinski definition) is 2. The number of nitrogens with zero attached hydrogens (tertiary/aromatic N) is 1. The second-order valence-corrected chi connectivity index (χ2v) is 5.13. The van der Waals surface area contributed by atoms with E-state index in [-0.39, 0.29) is 17.9 Å². The van der Waals surface area contributed by atoms with Crippen LogP contribution in [0.5, 0.6) is 0 Å². The Morgan fingerprint density at radius 1 is 1.38 bits per heavy atom. The average molecular weight is 223 g/mol. The van der Waals surface area contributed by atoms with Gasteiger partial charge in [0.25, 0.3) is 0 Å². The molecule has 88 valence electrons. The molecule has 0 radical (unpaired) electrons. The van der Waals surface area contributed by atoms with Crippen molar-refractivity contribution in [3.63, 3.8) is 0 Å². The predicted octanol–water partition coefficient (Wildman–Crippen LogP) is -0.0737. The minimum Gasteiger partial charge on any atom is -0.335 e. The average Bonchev–Trinajstić information content (AvgIpc) is 3.08. The molecule has 0 aromatic carbocycles. The quantitative estimate of drug-likeness (QED) is 0.654. The third-order valence-electron chi connectivity index (χ3n) is 3.65. The third-order valence-corrected chi connectivity index (χ3v) is 3.65. The lowest BCUT2D eigenvalue weighted by Crippen LogP contribution is -2.58. The van der Waals surface area contributed by atoms with Gasteiger partial charge in [0.15, 0.2) is 0 Å². The minimum atomic E-state index is -0.177. The number of fused-ring (bicyclic) bond motifs is 2. The first kappa shape index (κ1) is 10.1. The molecule has 2 saturated heterocycles. The third kappa shape index (κ3) is 1.80. The van der Waals surface area contributed by atoms with Crippen LogP contribution in [0.1, 0.15) is 19.3 Å². The molecule has 16 heavy (non-hydrogen) atoms. The number of carbonyl (C=O) groups is 2. The molecule has 3 fully saturated rings. The molecule has 3 amide bonds. The summed E-state index contributed by atoms with van der Waals surface area (Å²) in [7, 11) is 0. The largest absolute Gasteiger partial charge is 0.335 e. The van der Waals surface area contributed by atoms with Crippen molar-refractivity contribution in [2.45, 2.75) is 25.3 Å². The zero-order chi connectivity index (χ0) is 11.1. The van der Waals surface area contributed by atoms with Gasteiger partial charge in [-0.15, -0.1) is 0 Å². The molecule has 2 heterocycles. The van der Waals surface area contributed by atoms with Crippen LogP contribution < -0.4 is 10.6 Å². The van der Waals surface area contributed by atoms with Crippen LogP contribution in [-0.2, 0) is 4.79 Å². The molecule has 2 bridgehead atoms. The Labute approximate surface area is 94.6 Å². The Bertz CT molecular complexity index is 327. The monoisotopic (exact) mass is 223 g/mol. The first-order valence-electron chi connectivity index (χ1n) is 6.06. The SMILES string of the molecule is O=C(NC1CC1)N1CC2CNCC(C2)C1=O. The van der Waals surface area contributed by atoms with Crippen LogP contribution in [0.4, 0.5) is 4.79 Å². The van der Waals surface area contributed by atoms with Crippen molar-refractivity contribution in [2.75, 3.05) is 19.6 Å². The fraction of sp³-hybridized carbons (Fsp3) is 0.818. The summed E-state index contributed by atoms with van der Waals surface area (Å²) >= 11 is 0. The van der Waals surface area contributed by atoms with Crippen molar-refractivity contribution < 1.29 is 9.59 Å². The molecular formula is C11H17N3O2. The van der Waals surface area contributed by atoms with Gasteiger partial charge < -0.3 is 10.6 Å². The lowest BCUT2D eigenvalue weighted by atomic mass is 9.85. The van der Waals surface area contributed by atoms with Gasteiger partial charge in [-0.25, -0.2) is 4.79 Å². The summed E-state index contributed by atoms with van der Waals surface area (Å²) in [6.07, 6.45) is 3.06. The molecule has 2 N–H and O–H groups in total. The summed E-state index contributed by atoms with van der Waals surface area (Å²) < 4.78 is 0. The maximum absolute atomic E-state index is 12.0. The van der Waals surface area contributed by atoms with Gasteiger partial charge in [0, 0.05) is 19.1 Å². The van der Waals surface area contributed by atoms with Gasteiger partial charge in [-0.3, -0.25) is 9.69 Å². The Morgan fingerprint density at radius 2 is 2.19 bits per heavy atom. The van der Waals surface area contributed by atoms with Gasteiger partial charge in [-0.2, -0.15) is 0 Å². The number of amides is 3. The normalized spacial score (nSPS) is 33.8. The standard InChI is InChI=1S/C11H17N3O2/c15-10-8-3-7(4-12-5-8)6-14(10)11(16)13-9-1-2-9/h7-9,12H,1-6H2,(H,13,16). The molecule has 0 aromatic rings. The van der Waals surface area contributed by atoms with Crippen molar-refractivity contribution in [2.24, 2.45) is 11.8 Å². The fourth-order valence-electron chi connectivity index (χ4n) is 2.59. The van der Waals surface area contributed by atoms with Gasteiger partial charge in [0.2, 0.25) is 5.91 Å². The van der Waals surface area contributed by atoms with E-state index in [1.54, 1.807) is 0 Å². The highest BCUT2D eigenvalue weighted by molar-refractivity contribution is 5.96. The van der Waals surface area contributed by atoms with Crippen molar-refractivity contribution in [1.82, 2.24) is 15.5 Å². The molecule has 2 unspecified atom stereocenters. The summed E-state index contributed by atoms with van der Waals surface area (Å²) in [5.74, 6) is 0.459. The van der Waals surface area contributed by atoms with Crippen molar-refractivity contribution in [3.8, 4) is 0 Å². The maximum atomic E-state index is 12.0. The minimum absolute atomic E-state index is 0.00148. The van der Waals surface area contributed by atoms with Crippen LogP contribution in [0, 0.1) is 11.8 Å². The summed E-state index contributed by atoms with van der Waals surface area (Å²) in [5, 5.41) is 6.14. The molecular weight excluding hydrogens is 206 g/mol. The molecule has 2 atom stereocenters. The number of nitrogens with one attached hydrogen (secondary N) is 2. The smallest absolute Gasteiger partial charge is 0.324 e. The van der Waals surface area contributed by atoms with Gasteiger partial charge in [0.1, 0.15) is 0 Å². The van der Waals surface area contributed by atoms with E-state index in [1.165, 1.54) is 4.90 Å². The van der Waals surface area contributed by atoms with E-state index in [0.29, 0.717) is 18.5 Å². The van der Waals surface area contributed by atoms with E-state index < -0.39 is 0 Å². The molecule has 2 aliphatic heterocycles. The summed E-state index contributed by atoms with van der Waals surface area (Å²) in [6.45, 7) is 2.24. The van der Waals surface area contributed by atoms with Crippen LogP contribution >= 0.6 is 0 Å². The topological polar surface area (TPSA) is 61.4 Å². The van der Waals surface area contributed by atoms with Crippen LogP contribution in [0.15, 0.2) is 0 Å². The Morgan fingerprint density at radius 3 is 2.94 bits per heavy atom. The highest BCUT2D eigenvalue weighted by Gasteiger charge is 2.40. The van der Waals surface area contributed by atoms with E-state index in [1.807, 2.05) is 0 Å². The molecule has 3 aliphatic rings. The fourth-order valence-corrected chi connectivity index (χ4v) is 2.59. The van der Waals surface area contributed by atoms with Crippen LogP contribution in [0.3, 0.4) is 0 Å². The first-order chi connectivity index (χ1) is 7.74. The van der Waals surface area contributed by atoms with E-state index in [0.717, 1.165) is 32.4 Å². The molecule has 0 spiro atoms. The second kappa shape index (κ2) is 3.73. The van der Waals surface area contributed by atoms with Crippen LogP contribution in [0.25, 0.3) is 0 Å². The van der Waals surface area contributed by atoms with Gasteiger partial charge >= 0.3 is 6.03 Å². The van der Waals surface area contributed by atoms with E-state index >= 15 is 0 Å². The molecule has 3 rings (SSSR count). The number of hydrogen-bond acceptors (Lipinski definition) is 3. The van der Waals surface area contributed by atoms with Crippen LogP contribution in [-0.4, -0.2) is 42.5 Å². The highest BCUT2D eigenvalue weighted by Crippen LogP contribution is 2.26. The van der Waals surface area contributed by atoms with Gasteiger partial charge in [-0.05, 0) is 31.7 Å². The number of likely N-dealkylation sites (tertiary alicyclic amines) is 1. The number of piperidine rings is 2. The Balaban J connectivity index is 1.68. The zero-order valence-corrected chi connectivity index (χ0v) is 9.24. The lowest BCUT2D eigenvalue weighted by molar-refractivity contribution is -0.137. The predicted molar refractivity (Wildman–Crippen MR) is 57.7 cm³/mol. The zero-order valence-electron chi connectivity index (χ0n) is 9.24. The molecule has 5 nitrogen and oxygen atoms in total. The van der Waals surface area contributed by atoms with Gasteiger partial charge in [-0.1, -0.05) is 0 Å². The number of carbonyl (C=O) groups excluding carboxylic acids is 2. The summed E-state index contributed by atoms with van der Waals surface area (Å²) in [5.41, 5.74) is 0. The Kier molecular flexibility index (Phi) is 2.35. The van der Waals surface area contributed by atoms with E-state index in [2.05, 4.69) is 10.6 Å². The molecule has 1 saturated carbocycles. The number of rotatable bonds is 1. The van der Waals surface area contributed by atoms with Crippen molar-refractivity contribution in [3.05, 3.63) is 0 Å². The summed E-state index contributed by atoms with van der Waals surface area (Å²) in [4.78, 5) is 25.3. The first-order valence-corrected chi connectivity index (χ1v) is 6.06. The second-order valence-electron chi connectivity index (χ2n) is 5.13. The Hall–Kier alpha value is -1.10. The van der Waals surface area contributed by atoms with Crippen molar-refractivity contribution in [1.29, 1.82) is 0 Å². The number of imide groups is 1. The van der Waals surface area contributed by atoms with Gasteiger partial charge in [0.05, 0.1) is 5.92 Å². The molecule has 1 aliphatic carbocycles. The maximum Gasteiger partial charge on any atom is 0.324 e. The van der Waals surface area contributed by atoms with Crippen LogP contribution in [0.2, 0.25) is 0 Å². The van der Waals surface area contributed by atoms with Crippen molar-refractivity contribution >= 4 is 11.9 Å². The number of urea groups is 1. The summed E-state index contributed by atoms with van der Waals surface area (Å²) in [6, 6.07) is 0.143. The molecule has 5 heteroatoms. The van der Waals surface area contributed by atoms with E-state index in [4.69, 9.17) is 0 Å². The lowest BCUT2D eigenvalue weighted by Gasteiger charge is -2.39. The van der Waals surface area contributed by atoms with E-state index in [9.17, 15) is 9.59 Å². The molecule has 0 aromatic heterocycles. The highest BCUT2D eigenvalue weighted by atomic mass is 16.2.